The monoisotopic (exact) mass is 292 g/mol. The molecule has 0 spiro atoms. The van der Waals surface area contributed by atoms with E-state index >= 15 is 0 Å². The van der Waals surface area contributed by atoms with Crippen molar-refractivity contribution >= 4 is 11.7 Å². The fraction of sp³-hybridized carbons (Fsp3) is 0.588. The Morgan fingerprint density at radius 3 is 2.14 bits per heavy atom. The standard InChI is InChI=1S/C17H28N2O2/c1-13(2)19(12-6-7-17(20)21)14(3)15-8-10-16(11-9-15)18(4)5/h8-11,13-14H,6-7,12H2,1-5H3,(H,20,21). The number of aliphatic carboxylic acids is 1. The summed E-state index contributed by atoms with van der Waals surface area (Å²) in [7, 11) is 4.06. The van der Waals surface area contributed by atoms with E-state index in [0.717, 1.165) is 6.54 Å². The number of hydrogen-bond acceptors (Lipinski definition) is 3. The lowest BCUT2D eigenvalue weighted by Crippen LogP contribution is -2.34. The van der Waals surface area contributed by atoms with Crippen molar-refractivity contribution in [2.75, 3.05) is 25.5 Å². The lowest BCUT2D eigenvalue weighted by atomic mass is 10.0. The molecule has 0 bridgehead atoms. The van der Waals surface area contributed by atoms with Gasteiger partial charge in [-0.05, 0) is 51.4 Å². The van der Waals surface area contributed by atoms with Gasteiger partial charge in [0, 0.05) is 38.3 Å². The minimum absolute atomic E-state index is 0.232. The van der Waals surface area contributed by atoms with Crippen molar-refractivity contribution in [1.29, 1.82) is 0 Å². The van der Waals surface area contributed by atoms with E-state index in [-0.39, 0.29) is 12.5 Å². The van der Waals surface area contributed by atoms with Gasteiger partial charge in [-0.2, -0.15) is 0 Å². The quantitative estimate of drug-likeness (QED) is 0.797. The summed E-state index contributed by atoms with van der Waals surface area (Å²) in [6, 6.07) is 9.25. The zero-order valence-corrected chi connectivity index (χ0v) is 13.8. The minimum Gasteiger partial charge on any atom is -0.481 e. The molecule has 1 N–H and O–H groups in total. The van der Waals surface area contributed by atoms with Crippen LogP contribution in [0.4, 0.5) is 5.69 Å². The van der Waals surface area contributed by atoms with Gasteiger partial charge in [0.15, 0.2) is 0 Å². The summed E-state index contributed by atoms with van der Waals surface area (Å²) in [4.78, 5) is 15.1. The molecule has 1 atom stereocenters. The average molecular weight is 292 g/mol. The number of carboxylic acids is 1. The van der Waals surface area contributed by atoms with Gasteiger partial charge in [0.2, 0.25) is 0 Å². The third-order valence-corrected chi connectivity index (χ3v) is 3.86. The van der Waals surface area contributed by atoms with Gasteiger partial charge >= 0.3 is 5.97 Å². The van der Waals surface area contributed by atoms with Crippen LogP contribution in [-0.4, -0.2) is 42.7 Å². The van der Waals surface area contributed by atoms with Gasteiger partial charge in [0.1, 0.15) is 0 Å². The smallest absolute Gasteiger partial charge is 0.303 e. The predicted molar refractivity (Wildman–Crippen MR) is 87.9 cm³/mol. The van der Waals surface area contributed by atoms with Crippen LogP contribution in [0.2, 0.25) is 0 Å². The van der Waals surface area contributed by atoms with Crippen molar-refractivity contribution < 1.29 is 9.90 Å². The lowest BCUT2D eigenvalue weighted by molar-refractivity contribution is -0.137. The van der Waals surface area contributed by atoms with Crippen molar-refractivity contribution in [3.8, 4) is 0 Å². The van der Waals surface area contributed by atoms with Crippen LogP contribution in [-0.2, 0) is 4.79 Å². The lowest BCUT2D eigenvalue weighted by Gasteiger charge is -2.33. The Hall–Kier alpha value is -1.55. The van der Waals surface area contributed by atoms with E-state index in [1.807, 2.05) is 14.1 Å². The molecule has 1 unspecified atom stereocenters. The number of anilines is 1. The van der Waals surface area contributed by atoms with Gasteiger partial charge < -0.3 is 10.0 Å². The maximum Gasteiger partial charge on any atom is 0.303 e. The second-order valence-electron chi connectivity index (χ2n) is 5.99. The van der Waals surface area contributed by atoms with E-state index in [4.69, 9.17) is 5.11 Å². The summed E-state index contributed by atoms with van der Waals surface area (Å²) in [6.45, 7) is 7.31. The molecule has 0 fully saturated rings. The average Bonchev–Trinajstić information content (AvgIpc) is 2.42. The van der Waals surface area contributed by atoms with E-state index in [0.29, 0.717) is 12.5 Å². The Bertz CT molecular complexity index is 441. The number of carbonyl (C=O) groups is 1. The van der Waals surface area contributed by atoms with Gasteiger partial charge in [0.05, 0.1) is 0 Å². The molecule has 118 valence electrons. The molecule has 0 aliphatic rings. The molecule has 0 aliphatic heterocycles. The van der Waals surface area contributed by atoms with Crippen LogP contribution in [0.25, 0.3) is 0 Å². The number of carboxylic acid groups (broad SMARTS) is 1. The van der Waals surface area contributed by atoms with Crippen molar-refractivity contribution in [3.05, 3.63) is 29.8 Å². The molecule has 1 aromatic carbocycles. The van der Waals surface area contributed by atoms with Crippen molar-refractivity contribution in [3.63, 3.8) is 0 Å². The Morgan fingerprint density at radius 2 is 1.71 bits per heavy atom. The van der Waals surface area contributed by atoms with Gasteiger partial charge in [0.25, 0.3) is 0 Å². The Kier molecular flexibility index (Phi) is 6.69. The molecule has 0 saturated heterocycles. The van der Waals surface area contributed by atoms with Gasteiger partial charge in [-0.15, -0.1) is 0 Å². The first-order chi connectivity index (χ1) is 9.82. The van der Waals surface area contributed by atoms with Gasteiger partial charge in [-0.25, -0.2) is 0 Å². The van der Waals surface area contributed by atoms with Crippen LogP contribution in [0.3, 0.4) is 0 Å². The number of rotatable bonds is 8. The van der Waals surface area contributed by atoms with Crippen molar-refractivity contribution in [1.82, 2.24) is 4.90 Å². The fourth-order valence-electron chi connectivity index (χ4n) is 2.55. The van der Waals surface area contributed by atoms with Gasteiger partial charge in [-0.1, -0.05) is 12.1 Å². The normalized spacial score (nSPS) is 12.7. The molecular formula is C17H28N2O2. The maximum absolute atomic E-state index is 10.7. The zero-order chi connectivity index (χ0) is 16.0. The summed E-state index contributed by atoms with van der Waals surface area (Å²) < 4.78 is 0. The summed E-state index contributed by atoms with van der Waals surface area (Å²) in [6.07, 6.45) is 0.920. The van der Waals surface area contributed by atoms with Crippen LogP contribution in [0.15, 0.2) is 24.3 Å². The van der Waals surface area contributed by atoms with Crippen LogP contribution in [0, 0.1) is 0 Å². The molecule has 4 heteroatoms. The van der Waals surface area contributed by atoms with Crippen LogP contribution in [0.5, 0.6) is 0 Å². The molecule has 0 radical (unpaired) electrons. The fourth-order valence-corrected chi connectivity index (χ4v) is 2.55. The molecule has 4 nitrogen and oxygen atoms in total. The molecule has 1 rings (SSSR count). The molecule has 0 heterocycles. The maximum atomic E-state index is 10.7. The zero-order valence-electron chi connectivity index (χ0n) is 13.8. The van der Waals surface area contributed by atoms with Gasteiger partial charge in [-0.3, -0.25) is 9.69 Å². The predicted octanol–water partition coefficient (Wildman–Crippen LogP) is 3.39. The number of benzene rings is 1. The highest BCUT2D eigenvalue weighted by molar-refractivity contribution is 5.66. The van der Waals surface area contributed by atoms with E-state index in [9.17, 15) is 4.79 Å². The molecule has 0 aromatic heterocycles. The molecule has 0 aliphatic carbocycles. The summed E-state index contributed by atoms with van der Waals surface area (Å²) in [5.41, 5.74) is 2.46. The van der Waals surface area contributed by atoms with E-state index in [1.165, 1.54) is 11.3 Å². The second-order valence-corrected chi connectivity index (χ2v) is 5.99. The molecule has 0 amide bonds. The highest BCUT2D eigenvalue weighted by atomic mass is 16.4. The summed E-state index contributed by atoms with van der Waals surface area (Å²) in [5.74, 6) is -0.721. The first-order valence-electron chi connectivity index (χ1n) is 7.57. The highest BCUT2D eigenvalue weighted by Crippen LogP contribution is 2.25. The molecule has 0 saturated carbocycles. The van der Waals surface area contributed by atoms with Crippen LogP contribution >= 0.6 is 0 Å². The number of hydrogen-bond donors (Lipinski definition) is 1. The third kappa shape index (κ3) is 5.38. The summed E-state index contributed by atoms with van der Waals surface area (Å²) in [5, 5.41) is 8.78. The largest absolute Gasteiger partial charge is 0.481 e. The minimum atomic E-state index is -0.721. The Morgan fingerprint density at radius 1 is 1.14 bits per heavy atom. The first kappa shape index (κ1) is 17.5. The van der Waals surface area contributed by atoms with Crippen molar-refractivity contribution in [2.24, 2.45) is 0 Å². The molecule has 1 aromatic rings. The van der Waals surface area contributed by atoms with E-state index in [2.05, 4.69) is 54.8 Å². The molecular weight excluding hydrogens is 264 g/mol. The second kappa shape index (κ2) is 8.03. The van der Waals surface area contributed by atoms with E-state index < -0.39 is 5.97 Å². The highest BCUT2D eigenvalue weighted by Gasteiger charge is 2.18. The topological polar surface area (TPSA) is 43.8 Å². The SMILES string of the molecule is CC(C)N(CCCC(=O)O)C(C)c1ccc(N(C)C)cc1. The Labute approximate surface area is 128 Å². The van der Waals surface area contributed by atoms with Crippen molar-refractivity contribution in [2.45, 2.75) is 45.7 Å². The van der Waals surface area contributed by atoms with E-state index in [1.54, 1.807) is 0 Å². The summed E-state index contributed by atoms with van der Waals surface area (Å²) >= 11 is 0. The third-order valence-electron chi connectivity index (χ3n) is 3.86. The van der Waals surface area contributed by atoms with Crippen LogP contribution in [0.1, 0.15) is 45.2 Å². The van der Waals surface area contributed by atoms with Crippen LogP contribution < -0.4 is 4.90 Å². The number of nitrogens with zero attached hydrogens (tertiary/aromatic N) is 2. The first-order valence-corrected chi connectivity index (χ1v) is 7.57. The molecule has 21 heavy (non-hydrogen) atoms. The Balaban J connectivity index is 2.75.